The van der Waals surface area contributed by atoms with Crippen LogP contribution in [0.5, 0.6) is 5.75 Å². The maximum Gasteiger partial charge on any atom is 0.339 e. The van der Waals surface area contributed by atoms with Crippen LogP contribution in [0.4, 0.5) is 11.4 Å². The molecule has 0 saturated heterocycles. The lowest BCUT2D eigenvalue weighted by Crippen LogP contribution is -2.22. The molecular formula is C18H18N2O7S. The van der Waals surface area contributed by atoms with Gasteiger partial charge in [0.25, 0.3) is 11.6 Å². The number of nitrogens with zero attached hydrogens (tertiary/aromatic N) is 1. The molecule has 0 spiro atoms. The van der Waals surface area contributed by atoms with Crippen molar-refractivity contribution in [2.24, 2.45) is 0 Å². The number of nitro benzene ring substituents is 1. The molecular weight excluding hydrogens is 388 g/mol. The van der Waals surface area contributed by atoms with Crippen LogP contribution in [-0.2, 0) is 20.3 Å². The van der Waals surface area contributed by atoms with Crippen molar-refractivity contribution >= 4 is 34.1 Å². The molecule has 9 nitrogen and oxygen atoms in total. The van der Waals surface area contributed by atoms with Crippen molar-refractivity contribution in [2.75, 3.05) is 24.8 Å². The highest BCUT2D eigenvalue weighted by Gasteiger charge is 2.18. The van der Waals surface area contributed by atoms with Crippen LogP contribution >= 0.6 is 0 Å². The minimum atomic E-state index is -1.35. The molecule has 1 atom stereocenters. The number of hydrogen-bond donors (Lipinski definition) is 1. The fraction of sp³-hybridized carbons (Fsp3) is 0.222. The van der Waals surface area contributed by atoms with E-state index >= 15 is 0 Å². The average molecular weight is 406 g/mol. The van der Waals surface area contributed by atoms with E-state index in [0.29, 0.717) is 10.6 Å². The number of nitrogens with one attached hydrogen (secondary N) is 1. The average Bonchev–Trinajstić information content (AvgIpc) is 2.71. The molecule has 0 unspecified atom stereocenters. The zero-order chi connectivity index (χ0) is 20.7. The number of nitro groups is 1. The zero-order valence-electron chi connectivity index (χ0n) is 15.2. The van der Waals surface area contributed by atoms with Crippen LogP contribution in [0.1, 0.15) is 17.3 Å². The first-order valence-corrected chi connectivity index (χ1v) is 9.46. The number of ether oxygens (including phenoxy) is 2. The van der Waals surface area contributed by atoms with Crippen LogP contribution in [-0.4, -0.2) is 40.5 Å². The predicted octanol–water partition coefficient (Wildman–Crippen LogP) is 2.53. The number of benzene rings is 2. The Morgan fingerprint density at radius 1 is 1.21 bits per heavy atom. The Balaban J connectivity index is 2.04. The summed E-state index contributed by atoms with van der Waals surface area (Å²) < 4.78 is 22.1. The highest BCUT2D eigenvalue weighted by Crippen LogP contribution is 2.28. The lowest BCUT2D eigenvalue weighted by atomic mass is 10.2. The van der Waals surface area contributed by atoms with E-state index in [0.717, 1.165) is 6.07 Å². The molecule has 0 aromatic heterocycles. The number of amides is 1. The van der Waals surface area contributed by atoms with Gasteiger partial charge in [0.15, 0.2) is 6.61 Å². The van der Waals surface area contributed by atoms with Crippen molar-refractivity contribution in [3.05, 3.63) is 58.1 Å². The molecule has 0 aliphatic carbocycles. The van der Waals surface area contributed by atoms with Gasteiger partial charge in [0.05, 0.1) is 45.0 Å². The second kappa shape index (κ2) is 9.60. The fourth-order valence-electron chi connectivity index (χ4n) is 2.28. The van der Waals surface area contributed by atoms with E-state index < -0.39 is 34.2 Å². The number of methoxy groups -OCH3 is 1. The van der Waals surface area contributed by atoms with Crippen molar-refractivity contribution < 1.29 is 28.2 Å². The Bertz CT molecular complexity index is 930. The van der Waals surface area contributed by atoms with E-state index in [1.807, 2.05) is 0 Å². The SMILES string of the molecule is CC[S@](=O)c1ccccc1C(=O)OCC(=O)Nc1ccc([N+](=O)[O-])cc1OC. The summed E-state index contributed by atoms with van der Waals surface area (Å²) in [6.07, 6.45) is 0. The number of carbonyl (C=O) groups is 2. The molecule has 0 heterocycles. The molecule has 2 aromatic carbocycles. The van der Waals surface area contributed by atoms with Crippen LogP contribution in [0.2, 0.25) is 0 Å². The third-order valence-corrected chi connectivity index (χ3v) is 4.99. The summed E-state index contributed by atoms with van der Waals surface area (Å²) in [5.74, 6) is -1.000. The fourth-order valence-corrected chi connectivity index (χ4v) is 3.22. The van der Waals surface area contributed by atoms with Gasteiger partial charge >= 0.3 is 5.97 Å². The molecule has 0 aliphatic heterocycles. The number of esters is 1. The van der Waals surface area contributed by atoms with Gasteiger partial charge in [0.1, 0.15) is 5.75 Å². The third kappa shape index (κ3) is 5.13. The van der Waals surface area contributed by atoms with Crippen molar-refractivity contribution in [3.63, 3.8) is 0 Å². The molecule has 2 rings (SSSR count). The maximum atomic E-state index is 12.2. The molecule has 0 aliphatic rings. The molecule has 28 heavy (non-hydrogen) atoms. The zero-order valence-corrected chi connectivity index (χ0v) is 16.0. The number of rotatable bonds is 8. The predicted molar refractivity (Wildman–Crippen MR) is 102 cm³/mol. The van der Waals surface area contributed by atoms with Gasteiger partial charge in [-0.2, -0.15) is 0 Å². The minimum Gasteiger partial charge on any atom is -0.494 e. The van der Waals surface area contributed by atoms with E-state index in [9.17, 15) is 23.9 Å². The molecule has 0 radical (unpaired) electrons. The second-order valence-corrected chi connectivity index (χ2v) is 7.10. The Kier molecular flexibility index (Phi) is 7.21. The Morgan fingerprint density at radius 2 is 1.93 bits per heavy atom. The molecule has 10 heteroatoms. The topological polar surface area (TPSA) is 125 Å². The van der Waals surface area contributed by atoms with Gasteiger partial charge in [-0.05, 0) is 18.2 Å². The molecule has 148 valence electrons. The number of carbonyl (C=O) groups excluding carboxylic acids is 2. The minimum absolute atomic E-state index is 0.0950. The molecule has 0 bridgehead atoms. The van der Waals surface area contributed by atoms with Crippen LogP contribution in [0, 0.1) is 10.1 Å². The molecule has 2 aromatic rings. The van der Waals surface area contributed by atoms with Gasteiger partial charge in [0, 0.05) is 11.8 Å². The molecule has 0 saturated carbocycles. The van der Waals surface area contributed by atoms with Gasteiger partial charge in [0.2, 0.25) is 0 Å². The summed E-state index contributed by atoms with van der Waals surface area (Å²) in [5, 5.41) is 13.3. The first-order valence-electron chi connectivity index (χ1n) is 8.14. The summed E-state index contributed by atoms with van der Waals surface area (Å²) in [7, 11) is -0.0467. The largest absolute Gasteiger partial charge is 0.494 e. The molecule has 0 fully saturated rings. The normalized spacial score (nSPS) is 11.4. The van der Waals surface area contributed by atoms with Crippen LogP contribution in [0.15, 0.2) is 47.4 Å². The van der Waals surface area contributed by atoms with Gasteiger partial charge in [-0.1, -0.05) is 19.1 Å². The van der Waals surface area contributed by atoms with Crippen LogP contribution < -0.4 is 10.1 Å². The third-order valence-electron chi connectivity index (χ3n) is 3.62. The van der Waals surface area contributed by atoms with E-state index in [4.69, 9.17) is 9.47 Å². The molecule has 1 N–H and O–H groups in total. The number of non-ortho nitro benzene ring substituents is 1. The quantitative estimate of drug-likeness (QED) is 0.406. The van der Waals surface area contributed by atoms with E-state index in [1.165, 1.54) is 25.3 Å². The van der Waals surface area contributed by atoms with Crippen molar-refractivity contribution in [1.29, 1.82) is 0 Å². The van der Waals surface area contributed by atoms with E-state index in [-0.39, 0.29) is 22.7 Å². The number of hydrogen-bond acceptors (Lipinski definition) is 7. The molecule has 1 amide bonds. The van der Waals surface area contributed by atoms with Crippen molar-refractivity contribution in [1.82, 2.24) is 0 Å². The summed E-state index contributed by atoms with van der Waals surface area (Å²) in [4.78, 5) is 34.9. The maximum absolute atomic E-state index is 12.2. The van der Waals surface area contributed by atoms with E-state index in [2.05, 4.69) is 5.32 Å². The first-order chi connectivity index (χ1) is 13.4. The smallest absolute Gasteiger partial charge is 0.339 e. The lowest BCUT2D eigenvalue weighted by molar-refractivity contribution is -0.384. The summed E-state index contributed by atoms with van der Waals surface area (Å²) in [5.41, 5.74) is 0.131. The van der Waals surface area contributed by atoms with Crippen molar-refractivity contribution in [3.8, 4) is 5.75 Å². The first kappa shape index (κ1) is 21.0. The van der Waals surface area contributed by atoms with Gasteiger partial charge in [-0.3, -0.25) is 19.1 Å². The van der Waals surface area contributed by atoms with Gasteiger partial charge in [-0.15, -0.1) is 0 Å². The summed E-state index contributed by atoms with van der Waals surface area (Å²) in [6.45, 7) is 1.13. The lowest BCUT2D eigenvalue weighted by Gasteiger charge is -2.11. The van der Waals surface area contributed by atoms with E-state index in [1.54, 1.807) is 25.1 Å². The Hall–Kier alpha value is -3.27. The van der Waals surface area contributed by atoms with Crippen molar-refractivity contribution in [2.45, 2.75) is 11.8 Å². The Labute approximate surface area is 163 Å². The number of anilines is 1. The van der Waals surface area contributed by atoms with Crippen LogP contribution in [0.25, 0.3) is 0 Å². The van der Waals surface area contributed by atoms with Gasteiger partial charge in [-0.25, -0.2) is 4.79 Å². The summed E-state index contributed by atoms with van der Waals surface area (Å²) >= 11 is 0. The highest BCUT2D eigenvalue weighted by atomic mass is 32.2. The monoisotopic (exact) mass is 406 g/mol. The highest BCUT2D eigenvalue weighted by molar-refractivity contribution is 7.85. The van der Waals surface area contributed by atoms with Gasteiger partial charge < -0.3 is 14.8 Å². The Morgan fingerprint density at radius 3 is 2.57 bits per heavy atom. The second-order valence-electron chi connectivity index (χ2n) is 5.40. The summed E-state index contributed by atoms with van der Waals surface area (Å²) in [6, 6.07) is 10.00. The van der Waals surface area contributed by atoms with Crippen LogP contribution in [0.3, 0.4) is 0 Å². The standard InChI is InChI=1S/C18H18N2O7S/c1-3-28(25)16-7-5-4-6-13(16)18(22)27-11-17(21)19-14-9-8-12(20(23)24)10-15(14)26-2/h4-10H,3,11H2,1-2H3,(H,19,21)/t28-/m0/s1.